The molecule has 2 heterocycles. The lowest BCUT2D eigenvalue weighted by Crippen LogP contribution is -2.50. The van der Waals surface area contributed by atoms with Crippen LogP contribution in [0.2, 0.25) is 0 Å². The van der Waals surface area contributed by atoms with Gasteiger partial charge in [0.25, 0.3) is 0 Å². The largest absolute Gasteiger partial charge is 0.377 e. The highest BCUT2D eigenvalue weighted by molar-refractivity contribution is 7.89. The maximum Gasteiger partial charge on any atom is 0.223 e. The number of rotatable bonds is 8. The van der Waals surface area contributed by atoms with Gasteiger partial charge in [0, 0.05) is 25.6 Å². The zero-order chi connectivity index (χ0) is 16.0. The normalized spacial score (nSPS) is 23.4. The lowest BCUT2D eigenvalue weighted by atomic mass is 9.88. The summed E-state index contributed by atoms with van der Waals surface area (Å²) < 4.78 is 31.8. The molecule has 0 aromatic heterocycles. The monoisotopic (exact) mass is 369 g/mol. The average molecular weight is 370 g/mol. The van der Waals surface area contributed by atoms with Crippen molar-refractivity contribution in [3.05, 3.63) is 0 Å². The number of amides is 1. The van der Waals surface area contributed by atoms with E-state index in [9.17, 15) is 13.2 Å². The molecule has 2 atom stereocenters. The first-order valence-electron chi connectivity index (χ1n) is 8.05. The Morgan fingerprint density at radius 2 is 2.09 bits per heavy atom. The molecule has 2 aliphatic heterocycles. The Morgan fingerprint density at radius 1 is 1.35 bits per heavy atom. The molecule has 3 N–H and O–H groups in total. The number of ether oxygens (including phenoxy) is 1. The minimum atomic E-state index is -3.37. The molecule has 0 spiro atoms. The summed E-state index contributed by atoms with van der Waals surface area (Å²) in [6.07, 6.45) is 3.00. The van der Waals surface area contributed by atoms with Crippen LogP contribution < -0.4 is 15.4 Å². The average Bonchev–Trinajstić information content (AvgIpc) is 2.44. The first-order chi connectivity index (χ1) is 10.5. The molecule has 2 saturated heterocycles. The predicted molar refractivity (Wildman–Crippen MR) is 91.2 cm³/mol. The molecule has 0 aromatic carbocycles. The van der Waals surface area contributed by atoms with Gasteiger partial charge in [0.05, 0.1) is 11.9 Å². The number of carbonyl (C=O) groups excluding carboxylic acids is 1. The van der Waals surface area contributed by atoms with Gasteiger partial charge in [-0.3, -0.25) is 4.79 Å². The molecular weight excluding hydrogens is 342 g/mol. The van der Waals surface area contributed by atoms with Crippen LogP contribution >= 0.6 is 12.4 Å². The molecule has 2 fully saturated rings. The third-order valence-corrected chi connectivity index (χ3v) is 5.76. The van der Waals surface area contributed by atoms with Crippen molar-refractivity contribution in [2.24, 2.45) is 11.8 Å². The van der Waals surface area contributed by atoms with Crippen LogP contribution in [0.4, 0.5) is 0 Å². The molecule has 0 saturated carbocycles. The molecule has 2 aliphatic rings. The minimum absolute atomic E-state index is 0. The highest BCUT2D eigenvalue weighted by Gasteiger charge is 2.28. The first-order valence-corrected chi connectivity index (χ1v) is 9.70. The van der Waals surface area contributed by atoms with Gasteiger partial charge in [0.1, 0.15) is 0 Å². The van der Waals surface area contributed by atoms with E-state index in [0.717, 1.165) is 32.4 Å². The summed E-state index contributed by atoms with van der Waals surface area (Å²) in [7, 11) is -3.37. The lowest BCUT2D eigenvalue weighted by molar-refractivity contribution is -0.126. The molecule has 2 rings (SSSR count). The summed E-state index contributed by atoms with van der Waals surface area (Å²) >= 11 is 0. The Bertz CT molecular complexity index is 465. The molecule has 9 heteroatoms. The summed E-state index contributed by atoms with van der Waals surface area (Å²) in [6.45, 7) is 4.76. The van der Waals surface area contributed by atoms with Crippen LogP contribution in [0.3, 0.4) is 0 Å². The van der Waals surface area contributed by atoms with Crippen LogP contribution in [0.5, 0.6) is 0 Å². The Labute approximate surface area is 144 Å². The maximum atomic E-state index is 11.9. The van der Waals surface area contributed by atoms with Crippen molar-refractivity contribution in [1.82, 2.24) is 15.4 Å². The summed E-state index contributed by atoms with van der Waals surface area (Å²) in [5, 5.41) is 5.84. The van der Waals surface area contributed by atoms with Gasteiger partial charge < -0.3 is 15.4 Å². The van der Waals surface area contributed by atoms with Gasteiger partial charge in [-0.25, -0.2) is 13.1 Å². The summed E-state index contributed by atoms with van der Waals surface area (Å²) in [6, 6.07) is 0. The highest BCUT2D eigenvalue weighted by Crippen LogP contribution is 2.15. The van der Waals surface area contributed by atoms with E-state index in [4.69, 9.17) is 4.74 Å². The molecule has 0 aliphatic carbocycles. The van der Waals surface area contributed by atoms with E-state index in [1.165, 1.54) is 0 Å². The Balaban J connectivity index is 0.00000264. The number of carbonyl (C=O) groups is 1. The van der Waals surface area contributed by atoms with E-state index in [-0.39, 0.29) is 42.6 Å². The van der Waals surface area contributed by atoms with Crippen molar-refractivity contribution in [2.45, 2.75) is 32.3 Å². The quantitative estimate of drug-likeness (QED) is 0.553. The SMILES string of the molecule is CC(C(=O)NCCS(=O)(=O)NCC1CCCCO1)C1CNC1.Cl. The van der Waals surface area contributed by atoms with Crippen molar-refractivity contribution < 1.29 is 17.9 Å². The van der Waals surface area contributed by atoms with Gasteiger partial charge in [0.15, 0.2) is 0 Å². The van der Waals surface area contributed by atoms with Crippen LogP contribution in [0.25, 0.3) is 0 Å². The number of sulfonamides is 1. The van der Waals surface area contributed by atoms with E-state index in [0.29, 0.717) is 19.1 Å². The second-order valence-electron chi connectivity index (χ2n) is 6.15. The number of hydrogen-bond donors (Lipinski definition) is 3. The standard InChI is InChI=1S/C14H27N3O4S.ClH/c1-11(12-8-15-9-12)14(18)16-5-7-22(19,20)17-10-13-4-2-3-6-21-13;/h11-13,15,17H,2-10H2,1H3,(H,16,18);1H. The van der Waals surface area contributed by atoms with Gasteiger partial charge in [-0.1, -0.05) is 6.92 Å². The van der Waals surface area contributed by atoms with Crippen molar-refractivity contribution in [2.75, 3.05) is 38.5 Å². The van der Waals surface area contributed by atoms with Gasteiger partial charge >= 0.3 is 0 Å². The third kappa shape index (κ3) is 6.93. The maximum absolute atomic E-state index is 11.9. The topological polar surface area (TPSA) is 96.5 Å². The molecule has 7 nitrogen and oxygen atoms in total. The molecule has 1 amide bonds. The Kier molecular flexibility index (Phi) is 8.78. The smallest absolute Gasteiger partial charge is 0.223 e. The molecule has 0 aromatic rings. The fourth-order valence-electron chi connectivity index (χ4n) is 2.61. The summed E-state index contributed by atoms with van der Waals surface area (Å²) in [5.41, 5.74) is 0. The van der Waals surface area contributed by atoms with Crippen LogP contribution in [-0.2, 0) is 19.6 Å². The molecular formula is C14H28ClN3O4S. The molecule has 0 radical (unpaired) electrons. The number of nitrogens with one attached hydrogen (secondary N) is 3. The lowest BCUT2D eigenvalue weighted by Gasteiger charge is -2.31. The zero-order valence-electron chi connectivity index (χ0n) is 13.5. The summed E-state index contributed by atoms with van der Waals surface area (Å²) in [4.78, 5) is 11.9. The second-order valence-corrected chi connectivity index (χ2v) is 8.08. The van der Waals surface area contributed by atoms with Gasteiger partial charge in [-0.05, 0) is 38.3 Å². The van der Waals surface area contributed by atoms with E-state index in [1.807, 2.05) is 6.92 Å². The number of halogens is 1. The van der Waals surface area contributed by atoms with E-state index in [2.05, 4.69) is 15.4 Å². The molecule has 23 heavy (non-hydrogen) atoms. The van der Waals surface area contributed by atoms with Gasteiger partial charge in [-0.2, -0.15) is 0 Å². The Hall–Kier alpha value is -0.410. The van der Waals surface area contributed by atoms with Gasteiger partial charge in [-0.15, -0.1) is 12.4 Å². The van der Waals surface area contributed by atoms with Crippen LogP contribution in [0.1, 0.15) is 26.2 Å². The van der Waals surface area contributed by atoms with E-state index < -0.39 is 10.0 Å². The predicted octanol–water partition coefficient (Wildman–Crippen LogP) is -0.132. The fraction of sp³-hybridized carbons (Fsp3) is 0.929. The van der Waals surface area contributed by atoms with Crippen LogP contribution in [-0.4, -0.2) is 59.0 Å². The second kappa shape index (κ2) is 9.78. The van der Waals surface area contributed by atoms with E-state index >= 15 is 0 Å². The van der Waals surface area contributed by atoms with Crippen molar-refractivity contribution in [3.8, 4) is 0 Å². The van der Waals surface area contributed by atoms with Crippen LogP contribution in [0.15, 0.2) is 0 Å². The van der Waals surface area contributed by atoms with Gasteiger partial charge in [0.2, 0.25) is 15.9 Å². The Morgan fingerprint density at radius 3 is 2.65 bits per heavy atom. The van der Waals surface area contributed by atoms with Crippen molar-refractivity contribution in [3.63, 3.8) is 0 Å². The van der Waals surface area contributed by atoms with Crippen molar-refractivity contribution >= 4 is 28.3 Å². The molecule has 0 bridgehead atoms. The third-order valence-electron chi connectivity index (χ3n) is 4.41. The molecule has 2 unspecified atom stereocenters. The summed E-state index contributed by atoms with van der Waals surface area (Å²) in [5.74, 6) is 0.115. The highest BCUT2D eigenvalue weighted by atomic mass is 35.5. The van der Waals surface area contributed by atoms with Crippen LogP contribution in [0, 0.1) is 11.8 Å². The van der Waals surface area contributed by atoms with E-state index in [1.54, 1.807) is 0 Å². The fourth-order valence-corrected chi connectivity index (χ4v) is 3.56. The zero-order valence-corrected chi connectivity index (χ0v) is 15.2. The van der Waals surface area contributed by atoms with Crippen molar-refractivity contribution in [1.29, 1.82) is 0 Å². The molecule has 136 valence electrons. The first kappa shape index (κ1) is 20.6. The number of hydrogen-bond acceptors (Lipinski definition) is 5. The minimum Gasteiger partial charge on any atom is -0.377 e.